The number of hydrogen-bond donors (Lipinski definition) is 0. The molecule has 21 heavy (non-hydrogen) atoms. The largest absolute Gasteiger partial charge is 0.315 e. The molecule has 2 atom stereocenters. The fourth-order valence-corrected chi connectivity index (χ4v) is 4.21. The first-order valence-corrected chi connectivity index (χ1v) is 8.18. The summed E-state index contributed by atoms with van der Waals surface area (Å²) in [7, 11) is 1.85. The Morgan fingerprint density at radius 3 is 2.81 bits per heavy atom. The van der Waals surface area contributed by atoms with Crippen molar-refractivity contribution in [3.8, 4) is 0 Å². The summed E-state index contributed by atoms with van der Waals surface area (Å²) in [4.78, 5) is 13.9. The highest BCUT2D eigenvalue weighted by Crippen LogP contribution is 2.48. The molecule has 2 aliphatic rings. The van der Waals surface area contributed by atoms with E-state index in [-0.39, 0.29) is 5.91 Å². The number of alkyl halides is 1. The zero-order valence-corrected chi connectivity index (χ0v) is 13.4. The second-order valence-electron chi connectivity index (χ2n) is 5.93. The van der Waals surface area contributed by atoms with Gasteiger partial charge in [-0.3, -0.25) is 4.79 Å². The van der Waals surface area contributed by atoms with E-state index < -0.39 is 0 Å². The van der Waals surface area contributed by atoms with Gasteiger partial charge in [-0.15, -0.1) is 0 Å². The number of likely N-dealkylation sites (N-methyl/N-ethyl adjacent to an activating group) is 1. The molecule has 4 rings (SSSR count). The van der Waals surface area contributed by atoms with E-state index in [1.54, 1.807) is 4.90 Å². The Morgan fingerprint density at radius 2 is 2.00 bits per heavy atom. The van der Waals surface area contributed by atoms with Crippen LogP contribution in [0.2, 0.25) is 0 Å². The van der Waals surface area contributed by atoms with Crippen LogP contribution in [0, 0.1) is 0 Å². The van der Waals surface area contributed by atoms with Crippen LogP contribution in [0.5, 0.6) is 0 Å². The van der Waals surface area contributed by atoms with Crippen LogP contribution in [0.15, 0.2) is 42.5 Å². The van der Waals surface area contributed by atoms with Gasteiger partial charge in [0.2, 0.25) is 5.91 Å². The number of carbonyl (C=O) groups excluding carboxylic acids is 1. The monoisotopic (exact) mass is 341 g/mol. The summed E-state index contributed by atoms with van der Waals surface area (Å²) in [5.74, 6) is 0.719. The zero-order chi connectivity index (χ0) is 14.6. The van der Waals surface area contributed by atoms with Crippen LogP contribution in [0.25, 0.3) is 0 Å². The van der Waals surface area contributed by atoms with E-state index in [9.17, 15) is 4.79 Å². The molecule has 2 aromatic carbocycles. The van der Waals surface area contributed by atoms with Crippen LogP contribution >= 0.6 is 15.9 Å². The number of rotatable bonds is 2. The van der Waals surface area contributed by atoms with Gasteiger partial charge >= 0.3 is 0 Å². The highest BCUT2D eigenvalue weighted by Gasteiger charge is 2.33. The molecule has 2 aromatic rings. The Balaban J connectivity index is 1.64. The maximum absolute atomic E-state index is 11.8. The third-order valence-electron chi connectivity index (χ3n) is 4.75. The summed E-state index contributed by atoms with van der Waals surface area (Å²) in [6, 6.07) is 15.1. The molecule has 0 spiro atoms. The van der Waals surface area contributed by atoms with E-state index in [4.69, 9.17) is 0 Å². The molecule has 1 aliphatic carbocycles. The molecule has 1 heterocycles. The fraction of sp³-hybridized carbons (Fsp3) is 0.278. The van der Waals surface area contributed by atoms with Crippen LogP contribution < -0.4 is 4.90 Å². The molecule has 0 aromatic heterocycles. The number of anilines is 1. The van der Waals surface area contributed by atoms with Gasteiger partial charge < -0.3 is 4.90 Å². The molecule has 1 aliphatic heterocycles. The summed E-state index contributed by atoms with van der Waals surface area (Å²) in [6.07, 6.45) is 1.66. The van der Waals surface area contributed by atoms with E-state index in [0.717, 1.165) is 17.7 Å². The van der Waals surface area contributed by atoms with E-state index in [0.29, 0.717) is 17.2 Å². The van der Waals surface area contributed by atoms with Crippen molar-refractivity contribution >= 4 is 27.5 Å². The van der Waals surface area contributed by atoms with Crippen molar-refractivity contribution in [2.45, 2.75) is 23.6 Å². The number of halogens is 1. The van der Waals surface area contributed by atoms with Gasteiger partial charge in [0.05, 0.1) is 6.42 Å². The summed E-state index contributed by atoms with van der Waals surface area (Å²) >= 11 is 3.87. The number of fused-ring (bicyclic) bond motifs is 2. The molecule has 0 fully saturated rings. The quantitative estimate of drug-likeness (QED) is 0.756. The molecule has 0 bridgehead atoms. The molecule has 0 radical (unpaired) electrons. The SMILES string of the molecule is CN1C(=O)Cc2cc(C(Br)C3Cc4ccccc43)ccc21. The highest BCUT2D eigenvalue weighted by atomic mass is 79.9. The van der Waals surface area contributed by atoms with Crippen LogP contribution in [-0.4, -0.2) is 13.0 Å². The van der Waals surface area contributed by atoms with Gasteiger partial charge in [-0.05, 0) is 34.7 Å². The maximum Gasteiger partial charge on any atom is 0.231 e. The number of hydrogen-bond acceptors (Lipinski definition) is 1. The van der Waals surface area contributed by atoms with Gasteiger partial charge in [0.1, 0.15) is 0 Å². The van der Waals surface area contributed by atoms with Crippen LogP contribution in [-0.2, 0) is 17.6 Å². The van der Waals surface area contributed by atoms with Gasteiger partial charge in [0, 0.05) is 23.5 Å². The van der Waals surface area contributed by atoms with Crippen molar-refractivity contribution in [2.75, 3.05) is 11.9 Å². The van der Waals surface area contributed by atoms with Crippen LogP contribution in [0.3, 0.4) is 0 Å². The van der Waals surface area contributed by atoms with Crippen molar-refractivity contribution < 1.29 is 4.79 Å². The fourth-order valence-electron chi connectivity index (χ4n) is 3.45. The predicted molar refractivity (Wildman–Crippen MR) is 88.1 cm³/mol. The lowest BCUT2D eigenvalue weighted by molar-refractivity contribution is -0.117. The predicted octanol–water partition coefficient (Wildman–Crippen LogP) is 3.98. The third-order valence-corrected chi connectivity index (χ3v) is 5.91. The third kappa shape index (κ3) is 1.95. The molecule has 3 heteroatoms. The minimum atomic E-state index is 0.183. The van der Waals surface area contributed by atoms with Crippen molar-refractivity contribution in [3.05, 3.63) is 64.7 Å². The first kappa shape index (κ1) is 13.1. The van der Waals surface area contributed by atoms with Gasteiger partial charge in [-0.1, -0.05) is 52.3 Å². The van der Waals surface area contributed by atoms with Crippen molar-refractivity contribution in [1.82, 2.24) is 0 Å². The van der Waals surface area contributed by atoms with Gasteiger partial charge in [0.15, 0.2) is 0 Å². The molecule has 106 valence electrons. The molecule has 1 amide bonds. The number of nitrogens with zero attached hydrogens (tertiary/aromatic N) is 1. The topological polar surface area (TPSA) is 20.3 Å². The lowest BCUT2D eigenvalue weighted by Gasteiger charge is -2.34. The van der Waals surface area contributed by atoms with Gasteiger partial charge in [-0.25, -0.2) is 0 Å². The van der Waals surface area contributed by atoms with Gasteiger partial charge in [-0.2, -0.15) is 0 Å². The lowest BCUT2D eigenvalue weighted by Crippen LogP contribution is -2.21. The first-order valence-electron chi connectivity index (χ1n) is 7.26. The Hall–Kier alpha value is -1.61. The molecular formula is C18H16BrNO. The smallest absolute Gasteiger partial charge is 0.231 e. The summed E-state index contributed by atoms with van der Waals surface area (Å²) in [6.45, 7) is 0. The second kappa shape index (κ2) is 4.70. The minimum absolute atomic E-state index is 0.183. The van der Waals surface area contributed by atoms with E-state index >= 15 is 0 Å². The second-order valence-corrected chi connectivity index (χ2v) is 6.92. The van der Waals surface area contributed by atoms with Gasteiger partial charge in [0.25, 0.3) is 0 Å². The molecule has 2 unspecified atom stereocenters. The zero-order valence-electron chi connectivity index (χ0n) is 11.8. The minimum Gasteiger partial charge on any atom is -0.315 e. The van der Waals surface area contributed by atoms with Crippen LogP contribution in [0.4, 0.5) is 5.69 Å². The Labute approximate surface area is 132 Å². The number of carbonyl (C=O) groups is 1. The summed E-state index contributed by atoms with van der Waals surface area (Å²) in [5.41, 5.74) is 6.39. The maximum atomic E-state index is 11.8. The van der Waals surface area contributed by atoms with Crippen molar-refractivity contribution in [3.63, 3.8) is 0 Å². The molecule has 0 N–H and O–H groups in total. The van der Waals surface area contributed by atoms with Crippen LogP contribution in [0.1, 0.15) is 33.0 Å². The Morgan fingerprint density at radius 1 is 1.19 bits per heavy atom. The first-order chi connectivity index (χ1) is 10.1. The summed E-state index contributed by atoms with van der Waals surface area (Å²) < 4.78 is 0. The number of amides is 1. The van der Waals surface area contributed by atoms with E-state index in [2.05, 4.69) is 58.4 Å². The number of benzene rings is 2. The van der Waals surface area contributed by atoms with E-state index in [1.807, 2.05) is 7.05 Å². The lowest BCUT2D eigenvalue weighted by atomic mass is 9.74. The average molecular weight is 342 g/mol. The van der Waals surface area contributed by atoms with E-state index in [1.165, 1.54) is 16.7 Å². The highest BCUT2D eigenvalue weighted by molar-refractivity contribution is 9.09. The molecule has 0 saturated carbocycles. The molecule has 0 saturated heterocycles. The Kier molecular flexibility index (Phi) is 2.93. The average Bonchev–Trinajstić information content (AvgIpc) is 2.75. The Bertz CT molecular complexity index is 740. The summed E-state index contributed by atoms with van der Waals surface area (Å²) in [5, 5.41) is 0. The normalized spacial score (nSPS) is 20.8. The standard InChI is InChI=1S/C18H16BrNO/c1-20-16-7-6-12(8-13(16)10-17(20)21)18(19)15-9-11-4-2-3-5-14(11)15/h2-8,15,18H,9-10H2,1H3. The van der Waals surface area contributed by atoms with Crippen molar-refractivity contribution in [1.29, 1.82) is 0 Å². The molecule has 2 nitrogen and oxygen atoms in total. The van der Waals surface area contributed by atoms with Crippen molar-refractivity contribution in [2.24, 2.45) is 0 Å². The molecular weight excluding hydrogens is 326 g/mol.